The highest BCUT2D eigenvalue weighted by Crippen LogP contribution is 2.29. The lowest BCUT2D eigenvalue weighted by molar-refractivity contribution is 0.0638. The molecule has 2 rings (SSSR count). The lowest BCUT2D eigenvalue weighted by atomic mass is 9.93. The molecule has 0 amide bonds. The van der Waals surface area contributed by atoms with Crippen LogP contribution in [0.2, 0.25) is 5.02 Å². The van der Waals surface area contributed by atoms with Crippen molar-refractivity contribution in [2.24, 2.45) is 0 Å². The van der Waals surface area contributed by atoms with Crippen LogP contribution in [0.25, 0.3) is 0 Å². The molecule has 1 aromatic rings. The van der Waals surface area contributed by atoms with Crippen molar-refractivity contribution in [1.82, 2.24) is 4.31 Å². The minimum absolute atomic E-state index is 0.252. The predicted octanol–water partition coefficient (Wildman–Crippen LogP) is 2.57. The highest BCUT2D eigenvalue weighted by Gasteiger charge is 2.34. The van der Waals surface area contributed by atoms with Gasteiger partial charge in [-0.2, -0.15) is 4.31 Å². The maximum Gasteiger partial charge on any atom is 0.243 e. The molecule has 0 aromatic heterocycles. The van der Waals surface area contributed by atoms with E-state index >= 15 is 0 Å². The predicted molar refractivity (Wildman–Crippen MR) is 79.4 cm³/mol. The first kappa shape index (κ1) is 15.8. The van der Waals surface area contributed by atoms with Crippen molar-refractivity contribution in [3.05, 3.63) is 28.8 Å². The summed E-state index contributed by atoms with van der Waals surface area (Å²) in [7, 11) is -2.06. The molecule has 0 saturated heterocycles. The molecule has 1 aromatic carbocycles. The van der Waals surface area contributed by atoms with Crippen LogP contribution in [-0.2, 0) is 10.0 Å². The van der Waals surface area contributed by atoms with Gasteiger partial charge in [0, 0.05) is 12.1 Å². The number of nitrogens with zero attached hydrogens (tertiary/aromatic N) is 1. The maximum absolute atomic E-state index is 12.7. The maximum atomic E-state index is 12.7. The number of aliphatic hydroxyl groups is 1. The van der Waals surface area contributed by atoms with E-state index in [-0.39, 0.29) is 10.9 Å². The second-order valence-electron chi connectivity index (χ2n) is 5.35. The lowest BCUT2D eigenvalue weighted by Gasteiger charge is -2.34. The van der Waals surface area contributed by atoms with Gasteiger partial charge in [-0.15, -0.1) is 0 Å². The van der Waals surface area contributed by atoms with Crippen molar-refractivity contribution in [3.63, 3.8) is 0 Å². The van der Waals surface area contributed by atoms with Crippen LogP contribution in [0.15, 0.2) is 23.1 Å². The number of rotatable bonds is 3. The Morgan fingerprint density at radius 3 is 2.55 bits per heavy atom. The normalized spacial score (nSPS) is 24.1. The van der Waals surface area contributed by atoms with Crippen LogP contribution in [0.1, 0.15) is 31.2 Å². The fourth-order valence-corrected chi connectivity index (χ4v) is 4.60. The number of hydrogen-bond donors (Lipinski definition) is 1. The second kappa shape index (κ2) is 6.02. The Morgan fingerprint density at radius 1 is 1.30 bits per heavy atom. The van der Waals surface area contributed by atoms with Crippen molar-refractivity contribution in [3.8, 4) is 0 Å². The quantitative estimate of drug-likeness (QED) is 0.932. The fraction of sp³-hybridized carbons (Fsp3) is 0.571. The van der Waals surface area contributed by atoms with Crippen LogP contribution in [0, 0.1) is 6.92 Å². The van der Waals surface area contributed by atoms with Crippen LogP contribution in [0.3, 0.4) is 0 Å². The second-order valence-corrected chi connectivity index (χ2v) is 7.75. The highest BCUT2D eigenvalue weighted by molar-refractivity contribution is 7.89. The van der Waals surface area contributed by atoms with Gasteiger partial charge in [-0.1, -0.05) is 24.4 Å². The van der Waals surface area contributed by atoms with Crippen LogP contribution in [0.5, 0.6) is 0 Å². The number of aliphatic hydroxyl groups excluding tert-OH is 1. The summed E-state index contributed by atoms with van der Waals surface area (Å²) in [5.41, 5.74) is 0.620. The molecule has 0 radical (unpaired) electrons. The molecule has 4 nitrogen and oxygen atoms in total. The molecule has 2 unspecified atom stereocenters. The number of benzene rings is 1. The highest BCUT2D eigenvalue weighted by atomic mass is 35.5. The SMILES string of the molecule is Cc1cc(Cl)ccc1S(=O)(=O)N(C)C1CCCCC1O. The molecular formula is C14H20ClNO3S. The average molecular weight is 318 g/mol. The van der Waals surface area contributed by atoms with E-state index in [1.54, 1.807) is 26.1 Å². The molecule has 0 bridgehead atoms. The Hall–Kier alpha value is -0.620. The van der Waals surface area contributed by atoms with Crippen LogP contribution < -0.4 is 0 Å². The van der Waals surface area contributed by atoms with E-state index in [0.29, 0.717) is 23.4 Å². The summed E-state index contributed by atoms with van der Waals surface area (Å²) in [6.07, 6.45) is 2.66. The zero-order valence-electron chi connectivity index (χ0n) is 11.7. The van der Waals surface area contributed by atoms with Gasteiger partial charge in [0.25, 0.3) is 0 Å². The third kappa shape index (κ3) is 3.01. The molecule has 6 heteroatoms. The molecule has 0 spiro atoms. The third-order valence-corrected chi connectivity index (χ3v) is 6.23. The van der Waals surface area contributed by atoms with E-state index in [2.05, 4.69) is 0 Å². The molecule has 0 heterocycles. The standard InChI is InChI=1S/C14H20ClNO3S/c1-10-9-11(15)7-8-14(10)20(18,19)16(2)12-5-3-4-6-13(12)17/h7-9,12-13,17H,3-6H2,1-2H3. The van der Waals surface area contributed by atoms with E-state index in [4.69, 9.17) is 11.6 Å². The summed E-state index contributed by atoms with van der Waals surface area (Å²) in [5, 5.41) is 10.6. The van der Waals surface area contributed by atoms with Gasteiger partial charge in [0.05, 0.1) is 17.0 Å². The Bertz CT molecular complexity index is 588. The molecule has 20 heavy (non-hydrogen) atoms. The summed E-state index contributed by atoms with van der Waals surface area (Å²) < 4.78 is 26.7. The third-order valence-electron chi connectivity index (χ3n) is 3.95. The number of aryl methyl sites for hydroxylation is 1. The first-order valence-corrected chi connectivity index (χ1v) is 8.58. The van der Waals surface area contributed by atoms with Crippen molar-refractivity contribution in [2.45, 2.75) is 49.6 Å². The zero-order chi connectivity index (χ0) is 14.9. The average Bonchev–Trinajstić information content (AvgIpc) is 2.38. The number of likely N-dealkylation sites (N-methyl/N-ethyl adjacent to an activating group) is 1. The van der Waals surface area contributed by atoms with Gasteiger partial charge in [-0.05, 0) is 43.5 Å². The topological polar surface area (TPSA) is 57.6 Å². The minimum atomic E-state index is -3.60. The molecule has 0 aliphatic heterocycles. The number of halogens is 1. The van der Waals surface area contributed by atoms with Gasteiger partial charge in [0.1, 0.15) is 0 Å². The van der Waals surface area contributed by atoms with Crippen LogP contribution >= 0.6 is 11.6 Å². The molecule has 1 fully saturated rings. The Morgan fingerprint density at radius 2 is 1.95 bits per heavy atom. The molecule has 112 valence electrons. The van der Waals surface area contributed by atoms with Gasteiger partial charge in [-0.3, -0.25) is 0 Å². The molecule has 1 aliphatic carbocycles. The smallest absolute Gasteiger partial charge is 0.243 e. The van der Waals surface area contributed by atoms with E-state index in [1.165, 1.54) is 10.4 Å². The minimum Gasteiger partial charge on any atom is -0.391 e. The van der Waals surface area contributed by atoms with Crippen molar-refractivity contribution >= 4 is 21.6 Å². The van der Waals surface area contributed by atoms with Gasteiger partial charge >= 0.3 is 0 Å². The van der Waals surface area contributed by atoms with Crippen molar-refractivity contribution in [2.75, 3.05) is 7.05 Å². The fourth-order valence-electron chi connectivity index (χ4n) is 2.75. The first-order chi connectivity index (χ1) is 9.34. The van der Waals surface area contributed by atoms with Gasteiger partial charge in [0.2, 0.25) is 10.0 Å². The van der Waals surface area contributed by atoms with E-state index < -0.39 is 16.1 Å². The zero-order valence-corrected chi connectivity index (χ0v) is 13.3. The molecule has 1 aliphatic rings. The summed E-state index contributed by atoms with van der Waals surface area (Å²) in [4.78, 5) is 0.252. The molecule has 1 saturated carbocycles. The summed E-state index contributed by atoms with van der Waals surface area (Å²) >= 11 is 5.87. The monoisotopic (exact) mass is 317 g/mol. The van der Waals surface area contributed by atoms with E-state index in [0.717, 1.165) is 12.8 Å². The Kier molecular flexibility index (Phi) is 4.74. The van der Waals surface area contributed by atoms with Crippen LogP contribution in [-0.4, -0.2) is 37.0 Å². The first-order valence-electron chi connectivity index (χ1n) is 6.76. The van der Waals surface area contributed by atoms with Gasteiger partial charge in [0.15, 0.2) is 0 Å². The molecule has 2 atom stereocenters. The van der Waals surface area contributed by atoms with E-state index in [1.807, 2.05) is 0 Å². The summed E-state index contributed by atoms with van der Waals surface area (Å²) in [5.74, 6) is 0. The molecule has 1 N–H and O–H groups in total. The summed E-state index contributed by atoms with van der Waals surface area (Å²) in [6.45, 7) is 1.73. The lowest BCUT2D eigenvalue weighted by Crippen LogP contribution is -2.46. The van der Waals surface area contributed by atoms with E-state index in [9.17, 15) is 13.5 Å². The van der Waals surface area contributed by atoms with Crippen LogP contribution in [0.4, 0.5) is 0 Å². The van der Waals surface area contributed by atoms with Crippen molar-refractivity contribution in [1.29, 1.82) is 0 Å². The number of hydrogen-bond acceptors (Lipinski definition) is 3. The molecular weight excluding hydrogens is 298 g/mol. The number of sulfonamides is 1. The van der Waals surface area contributed by atoms with Crippen molar-refractivity contribution < 1.29 is 13.5 Å². The largest absolute Gasteiger partial charge is 0.391 e. The van der Waals surface area contributed by atoms with Gasteiger partial charge < -0.3 is 5.11 Å². The Labute approximate surface area is 125 Å². The Balaban J connectivity index is 2.33. The van der Waals surface area contributed by atoms with Gasteiger partial charge in [-0.25, -0.2) is 8.42 Å². The summed E-state index contributed by atoms with van der Waals surface area (Å²) in [6, 6.07) is 4.40.